The van der Waals surface area contributed by atoms with Crippen molar-refractivity contribution in [2.75, 3.05) is 0 Å². The van der Waals surface area contributed by atoms with Crippen LogP contribution in [0.4, 0.5) is 5.69 Å². The third kappa shape index (κ3) is 3.61. The monoisotopic (exact) mass is 278 g/mol. The minimum atomic E-state index is -0.148. The Bertz CT molecular complexity index is 727. The molecule has 4 nitrogen and oxygen atoms in total. The van der Waals surface area contributed by atoms with Gasteiger partial charge in [-0.05, 0) is 30.5 Å². The van der Waals surface area contributed by atoms with E-state index in [9.17, 15) is 9.59 Å². The van der Waals surface area contributed by atoms with E-state index in [2.05, 4.69) is 9.98 Å². The van der Waals surface area contributed by atoms with Gasteiger partial charge < -0.3 is 0 Å². The molecule has 104 valence electrons. The van der Waals surface area contributed by atoms with Crippen molar-refractivity contribution in [2.45, 2.75) is 19.4 Å². The van der Waals surface area contributed by atoms with Gasteiger partial charge in [-0.15, -0.1) is 0 Å². The summed E-state index contributed by atoms with van der Waals surface area (Å²) in [5.74, 6) is 0. The largest absolute Gasteiger partial charge is 0.240 e. The van der Waals surface area contributed by atoms with E-state index >= 15 is 0 Å². The molecule has 1 unspecified atom stereocenters. The smallest absolute Gasteiger partial charge is 0.211 e. The van der Waals surface area contributed by atoms with Crippen molar-refractivity contribution in [1.82, 2.24) is 0 Å². The molecule has 0 aliphatic rings. The van der Waals surface area contributed by atoms with Crippen LogP contribution in [0.3, 0.4) is 0 Å². The molecule has 0 fully saturated rings. The first-order valence-electron chi connectivity index (χ1n) is 6.58. The van der Waals surface area contributed by atoms with E-state index in [0.717, 1.165) is 16.7 Å². The van der Waals surface area contributed by atoms with E-state index in [-0.39, 0.29) is 6.04 Å². The zero-order chi connectivity index (χ0) is 15.1. The van der Waals surface area contributed by atoms with Gasteiger partial charge in [-0.1, -0.05) is 42.5 Å². The minimum absolute atomic E-state index is 0.148. The van der Waals surface area contributed by atoms with Gasteiger partial charge in [0.2, 0.25) is 12.2 Å². The molecule has 2 rings (SSSR count). The molecule has 4 heteroatoms. The molecule has 2 aromatic rings. The normalized spacial score (nSPS) is 11.1. The molecule has 0 heterocycles. The minimum Gasteiger partial charge on any atom is -0.211 e. The van der Waals surface area contributed by atoms with E-state index in [1.54, 1.807) is 18.2 Å². The molecule has 0 N–H and O–H groups in total. The first-order valence-corrected chi connectivity index (χ1v) is 6.58. The van der Waals surface area contributed by atoms with E-state index in [4.69, 9.17) is 0 Å². The van der Waals surface area contributed by atoms with Crippen LogP contribution in [0.2, 0.25) is 0 Å². The predicted octanol–water partition coefficient (Wildman–Crippen LogP) is 3.59. The maximum atomic E-state index is 10.6. The first kappa shape index (κ1) is 14.6. The predicted molar refractivity (Wildman–Crippen MR) is 80.9 cm³/mol. The number of rotatable bonds is 5. The lowest BCUT2D eigenvalue weighted by Crippen LogP contribution is -2.04. The summed E-state index contributed by atoms with van der Waals surface area (Å²) < 4.78 is 0. The second kappa shape index (κ2) is 7.11. The third-order valence-corrected chi connectivity index (χ3v) is 3.17. The Labute approximate surface area is 122 Å². The molecule has 0 bridgehead atoms. The summed E-state index contributed by atoms with van der Waals surface area (Å²) in [7, 11) is 0. The van der Waals surface area contributed by atoms with Gasteiger partial charge >= 0.3 is 0 Å². The van der Waals surface area contributed by atoms with Gasteiger partial charge in [-0.25, -0.2) is 14.6 Å². The summed E-state index contributed by atoms with van der Waals surface area (Å²) in [5, 5.41) is 0. The first-order chi connectivity index (χ1) is 10.3. The average Bonchev–Trinajstić information content (AvgIpc) is 2.49. The standard InChI is InChI=1S/C17H14N2O2/c1-13(18-11-20)10-14-6-2-3-7-15(14)16-8-4-5-9-17(16)19-12-21/h2-9,13H,10H2,1H3. The van der Waals surface area contributed by atoms with Crippen LogP contribution in [-0.2, 0) is 16.0 Å². The van der Waals surface area contributed by atoms with Crippen molar-refractivity contribution in [1.29, 1.82) is 0 Å². The van der Waals surface area contributed by atoms with Crippen molar-refractivity contribution in [3.05, 3.63) is 54.1 Å². The fourth-order valence-corrected chi connectivity index (χ4v) is 2.26. The van der Waals surface area contributed by atoms with Crippen LogP contribution in [0.5, 0.6) is 0 Å². The molecule has 2 aromatic carbocycles. The number of hydrogen-bond donors (Lipinski definition) is 0. The third-order valence-electron chi connectivity index (χ3n) is 3.17. The van der Waals surface area contributed by atoms with Crippen LogP contribution >= 0.6 is 0 Å². The lowest BCUT2D eigenvalue weighted by Gasteiger charge is -2.12. The van der Waals surface area contributed by atoms with Gasteiger partial charge in [0.15, 0.2) is 0 Å². The molecule has 0 aliphatic heterocycles. The van der Waals surface area contributed by atoms with Crippen LogP contribution in [0, 0.1) is 0 Å². The summed E-state index contributed by atoms with van der Waals surface area (Å²) in [6.45, 7) is 1.86. The molecule has 21 heavy (non-hydrogen) atoms. The van der Waals surface area contributed by atoms with Crippen LogP contribution in [0.25, 0.3) is 11.1 Å². The Morgan fingerprint density at radius 3 is 2.33 bits per heavy atom. The number of benzene rings is 2. The number of nitrogens with zero attached hydrogens (tertiary/aromatic N) is 2. The highest BCUT2D eigenvalue weighted by Crippen LogP contribution is 2.32. The van der Waals surface area contributed by atoms with Crippen LogP contribution in [-0.4, -0.2) is 18.2 Å². The maximum absolute atomic E-state index is 10.6. The van der Waals surface area contributed by atoms with E-state index in [1.807, 2.05) is 49.4 Å². The molecule has 0 amide bonds. The number of isocyanates is 2. The number of aliphatic imine (C=N–C) groups is 2. The Hall–Kier alpha value is -2.80. The fraction of sp³-hybridized carbons (Fsp3) is 0.176. The Kier molecular flexibility index (Phi) is 4.94. The van der Waals surface area contributed by atoms with Crippen molar-refractivity contribution >= 4 is 17.8 Å². The lowest BCUT2D eigenvalue weighted by atomic mass is 9.94. The zero-order valence-corrected chi connectivity index (χ0v) is 11.6. The average molecular weight is 278 g/mol. The molecular weight excluding hydrogens is 264 g/mol. The van der Waals surface area contributed by atoms with Crippen molar-refractivity contribution < 1.29 is 9.59 Å². The summed E-state index contributed by atoms with van der Waals surface area (Å²) in [6, 6.07) is 15.0. The topological polar surface area (TPSA) is 58.9 Å². The maximum Gasteiger partial charge on any atom is 0.240 e. The number of para-hydroxylation sites is 1. The zero-order valence-electron chi connectivity index (χ0n) is 11.6. The van der Waals surface area contributed by atoms with Gasteiger partial charge in [0.25, 0.3) is 0 Å². The summed E-state index contributed by atoms with van der Waals surface area (Å²) in [5.41, 5.74) is 3.45. The molecule has 0 spiro atoms. The molecular formula is C17H14N2O2. The molecule has 0 radical (unpaired) electrons. The highest BCUT2D eigenvalue weighted by Gasteiger charge is 2.11. The molecule has 0 aliphatic carbocycles. The Balaban J connectivity index is 2.50. The van der Waals surface area contributed by atoms with Gasteiger partial charge in [0, 0.05) is 5.56 Å². The second-order valence-corrected chi connectivity index (χ2v) is 4.65. The fourth-order valence-electron chi connectivity index (χ4n) is 2.26. The van der Waals surface area contributed by atoms with E-state index < -0.39 is 0 Å². The molecule has 0 saturated carbocycles. The van der Waals surface area contributed by atoms with Crippen LogP contribution in [0.15, 0.2) is 58.5 Å². The SMILES string of the molecule is CC(Cc1ccccc1-c1ccccc1N=C=O)N=C=O. The lowest BCUT2D eigenvalue weighted by molar-refractivity contribution is 0.558. The summed E-state index contributed by atoms with van der Waals surface area (Å²) in [4.78, 5) is 28.4. The summed E-state index contributed by atoms with van der Waals surface area (Å²) >= 11 is 0. The van der Waals surface area contributed by atoms with Gasteiger partial charge in [0.05, 0.1) is 11.7 Å². The van der Waals surface area contributed by atoms with Crippen LogP contribution in [0.1, 0.15) is 12.5 Å². The Morgan fingerprint density at radius 1 is 0.952 bits per heavy atom. The van der Waals surface area contributed by atoms with Crippen molar-refractivity contribution in [2.24, 2.45) is 9.98 Å². The van der Waals surface area contributed by atoms with Gasteiger partial charge in [-0.3, -0.25) is 0 Å². The quantitative estimate of drug-likeness (QED) is 0.620. The molecule has 0 aromatic heterocycles. The molecule has 0 saturated heterocycles. The highest BCUT2D eigenvalue weighted by atomic mass is 16.1. The molecule has 1 atom stereocenters. The van der Waals surface area contributed by atoms with Crippen molar-refractivity contribution in [3.63, 3.8) is 0 Å². The Morgan fingerprint density at radius 2 is 1.62 bits per heavy atom. The van der Waals surface area contributed by atoms with Gasteiger partial charge in [0.1, 0.15) is 0 Å². The highest BCUT2D eigenvalue weighted by molar-refractivity contribution is 5.79. The second-order valence-electron chi connectivity index (χ2n) is 4.65. The van der Waals surface area contributed by atoms with Crippen molar-refractivity contribution in [3.8, 4) is 11.1 Å². The van der Waals surface area contributed by atoms with Crippen LogP contribution < -0.4 is 0 Å². The summed E-state index contributed by atoms with van der Waals surface area (Å²) in [6.07, 6.45) is 3.78. The van der Waals surface area contributed by atoms with E-state index in [0.29, 0.717) is 12.1 Å². The van der Waals surface area contributed by atoms with E-state index in [1.165, 1.54) is 0 Å². The number of hydrogen-bond acceptors (Lipinski definition) is 4. The number of carbonyl (C=O) groups excluding carboxylic acids is 2. The van der Waals surface area contributed by atoms with Gasteiger partial charge in [-0.2, -0.15) is 4.99 Å².